The lowest BCUT2D eigenvalue weighted by atomic mass is 10.2. The molecular weight excluding hydrogens is 302 g/mol. The van der Waals surface area contributed by atoms with Gasteiger partial charge in [-0.1, -0.05) is 0 Å². The highest BCUT2D eigenvalue weighted by Crippen LogP contribution is 2.16. The number of carbonyl (C=O) groups excluding carboxylic acids is 1. The molecule has 8 heteroatoms. The van der Waals surface area contributed by atoms with Crippen molar-refractivity contribution in [3.63, 3.8) is 0 Å². The molecule has 0 aliphatic carbocycles. The topological polar surface area (TPSA) is 103 Å². The molecule has 0 saturated carbocycles. The van der Waals surface area contributed by atoms with Gasteiger partial charge in [0.15, 0.2) is 5.13 Å². The molecule has 1 amide bonds. The molecule has 0 aliphatic rings. The van der Waals surface area contributed by atoms with Crippen molar-refractivity contribution in [2.75, 3.05) is 5.32 Å². The zero-order valence-corrected chi connectivity index (χ0v) is 12.1. The molecule has 110 valence electrons. The Kier molecular flexibility index (Phi) is 3.67. The second-order valence-corrected chi connectivity index (χ2v) is 5.17. The standard InChI is InChI=1S/C14H11N5O2S/c15-11(20)9-3-1-5-16-12(9)18-10-4-2-7-19(13(10)21)14-17-6-8-22-14/h1-8H,(H2,15,20)(H,16,18). The van der Waals surface area contributed by atoms with Crippen molar-refractivity contribution in [2.24, 2.45) is 5.73 Å². The average Bonchev–Trinajstić information content (AvgIpc) is 3.04. The molecule has 0 bridgehead atoms. The van der Waals surface area contributed by atoms with E-state index in [-0.39, 0.29) is 22.6 Å². The van der Waals surface area contributed by atoms with E-state index < -0.39 is 5.91 Å². The molecular formula is C14H11N5O2S. The number of carbonyl (C=O) groups is 1. The van der Waals surface area contributed by atoms with Crippen LogP contribution in [0.2, 0.25) is 0 Å². The molecule has 0 aliphatic heterocycles. The number of thiazole rings is 1. The highest BCUT2D eigenvalue weighted by atomic mass is 32.1. The highest BCUT2D eigenvalue weighted by Gasteiger charge is 2.12. The van der Waals surface area contributed by atoms with Gasteiger partial charge in [-0.3, -0.25) is 14.2 Å². The second kappa shape index (κ2) is 5.78. The van der Waals surface area contributed by atoms with Crippen molar-refractivity contribution in [1.82, 2.24) is 14.5 Å². The fourth-order valence-corrected chi connectivity index (χ4v) is 2.53. The molecule has 0 fully saturated rings. The molecule has 0 atom stereocenters. The monoisotopic (exact) mass is 313 g/mol. The lowest BCUT2D eigenvalue weighted by molar-refractivity contribution is 0.100. The van der Waals surface area contributed by atoms with E-state index in [1.54, 1.807) is 42.0 Å². The summed E-state index contributed by atoms with van der Waals surface area (Å²) in [4.78, 5) is 32.0. The van der Waals surface area contributed by atoms with E-state index in [4.69, 9.17) is 5.73 Å². The maximum absolute atomic E-state index is 12.5. The molecule has 3 aromatic rings. The Morgan fingerprint density at radius 3 is 2.82 bits per heavy atom. The van der Waals surface area contributed by atoms with Gasteiger partial charge >= 0.3 is 0 Å². The molecule has 0 aromatic carbocycles. The van der Waals surface area contributed by atoms with Gasteiger partial charge in [-0.25, -0.2) is 9.97 Å². The van der Waals surface area contributed by atoms with Crippen molar-refractivity contribution in [3.05, 3.63) is 64.2 Å². The number of aromatic nitrogens is 3. The summed E-state index contributed by atoms with van der Waals surface area (Å²) in [6, 6.07) is 6.45. The van der Waals surface area contributed by atoms with Crippen LogP contribution in [0.15, 0.2) is 53.0 Å². The molecule has 7 nitrogen and oxygen atoms in total. The number of anilines is 2. The molecule has 0 radical (unpaired) electrons. The maximum atomic E-state index is 12.5. The van der Waals surface area contributed by atoms with Crippen molar-refractivity contribution in [2.45, 2.75) is 0 Å². The third kappa shape index (κ3) is 2.59. The summed E-state index contributed by atoms with van der Waals surface area (Å²) in [6.07, 6.45) is 4.76. The summed E-state index contributed by atoms with van der Waals surface area (Å²) < 4.78 is 1.42. The Balaban J connectivity index is 2.03. The van der Waals surface area contributed by atoms with Crippen LogP contribution in [0.3, 0.4) is 0 Å². The number of amides is 1. The van der Waals surface area contributed by atoms with E-state index >= 15 is 0 Å². The predicted molar refractivity (Wildman–Crippen MR) is 83.7 cm³/mol. The Bertz CT molecular complexity index is 873. The molecule has 0 unspecified atom stereocenters. The summed E-state index contributed by atoms with van der Waals surface area (Å²) >= 11 is 1.35. The number of nitrogens with two attached hydrogens (primary N) is 1. The first kappa shape index (κ1) is 14.0. The van der Waals surface area contributed by atoms with E-state index in [1.165, 1.54) is 22.1 Å². The number of nitrogens with zero attached hydrogens (tertiary/aromatic N) is 3. The molecule has 3 heterocycles. The van der Waals surface area contributed by atoms with Crippen LogP contribution in [0.5, 0.6) is 0 Å². The van der Waals surface area contributed by atoms with E-state index in [1.807, 2.05) is 0 Å². The highest BCUT2D eigenvalue weighted by molar-refractivity contribution is 7.12. The molecule has 22 heavy (non-hydrogen) atoms. The largest absolute Gasteiger partial charge is 0.365 e. The number of pyridine rings is 2. The van der Waals surface area contributed by atoms with Crippen LogP contribution in [0.25, 0.3) is 5.13 Å². The van der Waals surface area contributed by atoms with Crippen molar-refractivity contribution >= 4 is 28.7 Å². The number of hydrogen-bond acceptors (Lipinski definition) is 6. The first-order valence-electron chi connectivity index (χ1n) is 6.30. The van der Waals surface area contributed by atoms with Gasteiger partial charge in [0.1, 0.15) is 11.5 Å². The van der Waals surface area contributed by atoms with Gasteiger partial charge in [0.05, 0.1) is 5.56 Å². The van der Waals surface area contributed by atoms with Crippen molar-refractivity contribution in [3.8, 4) is 5.13 Å². The molecule has 3 rings (SSSR count). The molecule has 3 N–H and O–H groups in total. The van der Waals surface area contributed by atoms with Gasteiger partial charge in [-0.2, -0.15) is 0 Å². The first-order chi connectivity index (χ1) is 10.7. The van der Waals surface area contributed by atoms with E-state index in [0.29, 0.717) is 5.13 Å². The van der Waals surface area contributed by atoms with E-state index in [9.17, 15) is 9.59 Å². The van der Waals surface area contributed by atoms with Crippen molar-refractivity contribution < 1.29 is 4.79 Å². The summed E-state index contributed by atoms with van der Waals surface area (Å²) in [5, 5.41) is 5.20. The molecule has 0 spiro atoms. The van der Waals surface area contributed by atoms with Crippen LogP contribution >= 0.6 is 11.3 Å². The average molecular weight is 313 g/mol. The van der Waals surface area contributed by atoms with Crippen LogP contribution in [0, 0.1) is 0 Å². The Morgan fingerprint density at radius 2 is 2.09 bits per heavy atom. The zero-order valence-electron chi connectivity index (χ0n) is 11.3. The van der Waals surface area contributed by atoms with Gasteiger partial charge in [0.25, 0.3) is 11.5 Å². The third-order valence-corrected chi connectivity index (χ3v) is 3.67. The SMILES string of the molecule is NC(=O)c1cccnc1Nc1cccn(-c2nccs2)c1=O. The van der Waals surface area contributed by atoms with Gasteiger partial charge < -0.3 is 11.1 Å². The smallest absolute Gasteiger partial charge is 0.280 e. The predicted octanol–water partition coefficient (Wildman–Crippen LogP) is 1.53. The van der Waals surface area contributed by atoms with Crippen LogP contribution in [-0.4, -0.2) is 20.4 Å². The van der Waals surface area contributed by atoms with E-state index in [0.717, 1.165) is 0 Å². The van der Waals surface area contributed by atoms with Crippen LogP contribution in [-0.2, 0) is 0 Å². The maximum Gasteiger partial charge on any atom is 0.280 e. The van der Waals surface area contributed by atoms with Crippen LogP contribution in [0.4, 0.5) is 11.5 Å². The van der Waals surface area contributed by atoms with Crippen LogP contribution in [0.1, 0.15) is 10.4 Å². The van der Waals surface area contributed by atoms with Gasteiger partial charge in [-0.05, 0) is 24.3 Å². The number of rotatable bonds is 4. The summed E-state index contributed by atoms with van der Waals surface area (Å²) in [5.74, 6) is -0.379. The van der Waals surface area contributed by atoms with Gasteiger partial charge in [0.2, 0.25) is 0 Å². The number of primary amides is 1. The normalized spacial score (nSPS) is 10.4. The third-order valence-electron chi connectivity index (χ3n) is 2.90. The second-order valence-electron chi connectivity index (χ2n) is 4.30. The lowest BCUT2D eigenvalue weighted by Gasteiger charge is -2.09. The Hall–Kier alpha value is -3.00. The first-order valence-corrected chi connectivity index (χ1v) is 7.18. The summed E-state index contributed by atoms with van der Waals surface area (Å²) in [7, 11) is 0. The fraction of sp³-hybridized carbons (Fsp3) is 0. The molecule has 0 saturated heterocycles. The fourth-order valence-electron chi connectivity index (χ4n) is 1.91. The molecule has 3 aromatic heterocycles. The minimum Gasteiger partial charge on any atom is -0.365 e. The van der Waals surface area contributed by atoms with Crippen LogP contribution < -0.4 is 16.6 Å². The van der Waals surface area contributed by atoms with Crippen molar-refractivity contribution in [1.29, 1.82) is 0 Å². The van der Waals surface area contributed by atoms with E-state index in [2.05, 4.69) is 15.3 Å². The quantitative estimate of drug-likeness (QED) is 0.760. The lowest BCUT2D eigenvalue weighted by Crippen LogP contribution is -2.21. The summed E-state index contributed by atoms with van der Waals surface area (Å²) in [6.45, 7) is 0. The minimum absolute atomic E-state index is 0.214. The Labute approximate surface area is 129 Å². The number of hydrogen-bond donors (Lipinski definition) is 2. The Morgan fingerprint density at radius 1 is 1.23 bits per heavy atom. The van der Waals surface area contributed by atoms with Gasteiger partial charge in [0, 0.05) is 24.0 Å². The summed E-state index contributed by atoms with van der Waals surface area (Å²) in [5.41, 5.74) is 5.50. The van der Waals surface area contributed by atoms with Gasteiger partial charge in [-0.15, -0.1) is 11.3 Å². The number of nitrogens with one attached hydrogen (secondary N) is 1. The zero-order chi connectivity index (χ0) is 15.5. The minimum atomic E-state index is -0.619.